The van der Waals surface area contributed by atoms with Crippen molar-refractivity contribution in [2.45, 2.75) is 51.5 Å². The molecule has 4 nitrogen and oxygen atoms in total. The van der Waals surface area contributed by atoms with E-state index in [0.717, 1.165) is 25.8 Å². The highest BCUT2D eigenvalue weighted by Crippen LogP contribution is 2.42. The Morgan fingerprint density at radius 3 is 2.68 bits per heavy atom. The van der Waals surface area contributed by atoms with Crippen molar-refractivity contribution < 1.29 is 14.6 Å². The maximum absolute atomic E-state index is 11.8. The second-order valence-corrected chi connectivity index (χ2v) is 6.48. The number of methoxy groups -OCH3 is 1. The Morgan fingerprint density at radius 1 is 1.42 bits per heavy atom. The summed E-state index contributed by atoms with van der Waals surface area (Å²) in [6, 6.07) is 0.601. The standard InChI is InChI=1S/C15H27NO3/c1-12-4-3-7-15(10-12,14(17)18)11-16(8-9-19-2)13-5-6-13/h12-13H,3-11H2,1-2H3,(H,17,18). The van der Waals surface area contributed by atoms with Crippen LogP contribution in [0.5, 0.6) is 0 Å². The molecule has 0 aliphatic heterocycles. The number of nitrogens with zero attached hydrogens (tertiary/aromatic N) is 1. The van der Waals surface area contributed by atoms with E-state index in [1.807, 2.05) is 0 Å². The first-order valence-corrected chi connectivity index (χ1v) is 7.54. The summed E-state index contributed by atoms with van der Waals surface area (Å²) in [7, 11) is 1.71. The molecule has 0 aromatic heterocycles. The van der Waals surface area contributed by atoms with Crippen molar-refractivity contribution in [3.8, 4) is 0 Å². The van der Waals surface area contributed by atoms with Crippen LogP contribution in [0.3, 0.4) is 0 Å². The molecule has 0 bridgehead atoms. The predicted molar refractivity (Wildman–Crippen MR) is 74.2 cm³/mol. The van der Waals surface area contributed by atoms with E-state index < -0.39 is 11.4 Å². The summed E-state index contributed by atoms with van der Waals surface area (Å²) in [4.78, 5) is 14.2. The Morgan fingerprint density at radius 2 is 2.16 bits per heavy atom. The highest BCUT2D eigenvalue weighted by Gasteiger charge is 2.45. The third-order valence-electron chi connectivity index (χ3n) is 4.70. The fraction of sp³-hybridized carbons (Fsp3) is 0.933. The van der Waals surface area contributed by atoms with Crippen LogP contribution in [0.2, 0.25) is 0 Å². The molecule has 2 unspecified atom stereocenters. The number of hydrogen-bond donors (Lipinski definition) is 1. The van der Waals surface area contributed by atoms with Crippen LogP contribution in [0.25, 0.3) is 0 Å². The van der Waals surface area contributed by atoms with Crippen LogP contribution in [0.15, 0.2) is 0 Å². The van der Waals surface area contributed by atoms with Crippen molar-refractivity contribution in [1.29, 1.82) is 0 Å². The molecular weight excluding hydrogens is 242 g/mol. The van der Waals surface area contributed by atoms with E-state index in [1.54, 1.807) is 7.11 Å². The summed E-state index contributed by atoms with van der Waals surface area (Å²) in [6.45, 7) is 4.46. The summed E-state index contributed by atoms with van der Waals surface area (Å²) < 4.78 is 5.16. The smallest absolute Gasteiger partial charge is 0.310 e. The first-order valence-electron chi connectivity index (χ1n) is 7.54. The van der Waals surface area contributed by atoms with Gasteiger partial charge in [0.15, 0.2) is 0 Å². The molecule has 2 atom stereocenters. The number of carboxylic acid groups (broad SMARTS) is 1. The average Bonchev–Trinajstić information content (AvgIpc) is 3.18. The minimum absolute atomic E-state index is 0.520. The summed E-state index contributed by atoms with van der Waals surface area (Å²) >= 11 is 0. The van der Waals surface area contributed by atoms with Gasteiger partial charge in [0, 0.05) is 26.2 Å². The van der Waals surface area contributed by atoms with Crippen molar-refractivity contribution in [2.75, 3.05) is 26.8 Å². The van der Waals surface area contributed by atoms with Crippen molar-refractivity contribution in [2.24, 2.45) is 11.3 Å². The van der Waals surface area contributed by atoms with Crippen molar-refractivity contribution in [3.05, 3.63) is 0 Å². The molecule has 2 aliphatic rings. The van der Waals surface area contributed by atoms with Crippen LogP contribution in [0.1, 0.15) is 45.4 Å². The van der Waals surface area contributed by atoms with Gasteiger partial charge in [-0.25, -0.2) is 0 Å². The first kappa shape index (κ1) is 14.8. The molecule has 0 radical (unpaired) electrons. The zero-order valence-electron chi connectivity index (χ0n) is 12.2. The second-order valence-electron chi connectivity index (χ2n) is 6.48. The SMILES string of the molecule is COCCN(CC1(C(=O)O)CCCC(C)C1)C1CC1. The van der Waals surface area contributed by atoms with Crippen molar-refractivity contribution in [1.82, 2.24) is 4.90 Å². The van der Waals surface area contributed by atoms with Crippen LogP contribution < -0.4 is 0 Å². The van der Waals surface area contributed by atoms with Gasteiger partial charge in [-0.05, 0) is 31.6 Å². The Kier molecular flexibility index (Phi) is 4.85. The van der Waals surface area contributed by atoms with Gasteiger partial charge >= 0.3 is 5.97 Å². The molecule has 0 spiro atoms. The maximum atomic E-state index is 11.8. The number of rotatable bonds is 7. The van der Waals surface area contributed by atoms with E-state index in [0.29, 0.717) is 25.1 Å². The Balaban J connectivity index is 2.03. The highest BCUT2D eigenvalue weighted by molar-refractivity contribution is 5.75. The Hall–Kier alpha value is -0.610. The average molecular weight is 269 g/mol. The molecule has 2 fully saturated rings. The van der Waals surface area contributed by atoms with Gasteiger partial charge in [0.1, 0.15) is 0 Å². The van der Waals surface area contributed by atoms with Crippen molar-refractivity contribution in [3.63, 3.8) is 0 Å². The second kappa shape index (κ2) is 6.23. The minimum Gasteiger partial charge on any atom is -0.481 e. The summed E-state index contributed by atoms with van der Waals surface area (Å²) in [5.74, 6) is -0.0598. The lowest BCUT2D eigenvalue weighted by Gasteiger charge is -2.40. The third-order valence-corrected chi connectivity index (χ3v) is 4.70. The van der Waals surface area contributed by atoms with Gasteiger partial charge in [0.05, 0.1) is 12.0 Å². The maximum Gasteiger partial charge on any atom is 0.310 e. The van der Waals surface area contributed by atoms with Gasteiger partial charge < -0.3 is 9.84 Å². The van der Waals surface area contributed by atoms with E-state index in [2.05, 4.69) is 11.8 Å². The fourth-order valence-corrected chi connectivity index (χ4v) is 3.49. The van der Waals surface area contributed by atoms with E-state index in [-0.39, 0.29) is 0 Å². The Labute approximate surface area is 116 Å². The molecule has 0 saturated heterocycles. The van der Waals surface area contributed by atoms with Gasteiger partial charge in [-0.1, -0.05) is 19.8 Å². The largest absolute Gasteiger partial charge is 0.481 e. The lowest BCUT2D eigenvalue weighted by molar-refractivity contribution is -0.154. The van der Waals surface area contributed by atoms with Crippen LogP contribution in [0, 0.1) is 11.3 Å². The van der Waals surface area contributed by atoms with Gasteiger partial charge in [-0.2, -0.15) is 0 Å². The summed E-state index contributed by atoms with van der Waals surface area (Å²) in [5, 5.41) is 9.73. The molecule has 1 N–H and O–H groups in total. The highest BCUT2D eigenvalue weighted by atomic mass is 16.5. The molecule has 2 saturated carbocycles. The molecule has 0 aromatic carbocycles. The van der Waals surface area contributed by atoms with E-state index in [9.17, 15) is 9.90 Å². The fourth-order valence-electron chi connectivity index (χ4n) is 3.49. The first-order chi connectivity index (χ1) is 9.07. The zero-order valence-corrected chi connectivity index (χ0v) is 12.2. The molecule has 2 rings (SSSR count). The van der Waals surface area contributed by atoms with E-state index >= 15 is 0 Å². The number of carboxylic acids is 1. The zero-order chi connectivity index (χ0) is 13.9. The van der Waals surface area contributed by atoms with Gasteiger partial charge in [-0.3, -0.25) is 9.69 Å². The van der Waals surface area contributed by atoms with E-state index in [4.69, 9.17) is 4.74 Å². The topological polar surface area (TPSA) is 49.8 Å². The molecule has 0 amide bonds. The van der Waals surface area contributed by atoms with Crippen LogP contribution in [-0.4, -0.2) is 48.8 Å². The molecule has 4 heteroatoms. The monoisotopic (exact) mass is 269 g/mol. The molecule has 19 heavy (non-hydrogen) atoms. The quantitative estimate of drug-likeness (QED) is 0.771. The molecular formula is C15H27NO3. The van der Waals surface area contributed by atoms with Crippen LogP contribution >= 0.6 is 0 Å². The molecule has 110 valence electrons. The Bertz CT molecular complexity index is 317. The van der Waals surface area contributed by atoms with E-state index in [1.165, 1.54) is 19.3 Å². The molecule has 0 aromatic rings. The number of ether oxygens (including phenoxy) is 1. The van der Waals surface area contributed by atoms with Crippen LogP contribution in [0.4, 0.5) is 0 Å². The number of carbonyl (C=O) groups is 1. The normalized spacial score (nSPS) is 31.6. The number of hydrogen-bond acceptors (Lipinski definition) is 3. The van der Waals surface area contributed by atoms with Crippen LogP contribution in [-0.2, 0) is 9.53 Å². The molecule has 2 aliphatic carbocycles. The summed E-state index contributed by atoms with van der Waals surface area (Å²) in [6.07, 6.45) is 6.33. The van der Waals surface area contributed by atoms with Gasteiger partial charge in [0.2, 0.25) is 0 Å². The third kappa shape index (κ3) is 3.69. The predicted octanol–water partition coefficient (Wildman–Crippen LogP) is 2.38. The summed E-state index contributed by atoms with van der Waals surface area (Å²) in [5.41, 5.74) is -0.520. The number of aliphatic carboxylic acids is 1. The van der Waals surface area contributed by atoms with Crippen molar-refractivity contribution >= 4 is 5.97 Å². The van der Waals surface area contributed by atoms with Gasteiger partial charge in [-0.15, -0.1) is 0 Å². The minimum atomic E-state index is -0.595. The molecule has 0 heterocycles. The lowest BCUT2D eigenvalue weighted by Crippen LogP contribution is -2.47. The van der Waals surface area contributed by atoms with Gasteiger partial charge in [0.25, 0.3) is 0 Å². The lowest BCUT2D eigenvalue weighted by atomic mass is 9.69.